The quantitative estimate of drug-likeness (QED) is 0.770. The minimum Gasteiger partial charge on any atom is -0.366 e. The van der Waals surface area contributed by atoms with Crippen LogP contribution in [0.3, 0.4) is 0 Å². The first kappa shape index (κ1) is 11.2. The molecular weight excluding hydrogens is 194 g/mol. The van der Waals surface area contributed by atoms with E-state index in [1.807, 2.05) is 0 Å². The van der Waals surface area contributed by atoms with Crippen LogP contribution in [-0.2, 0) is 4.79 Å². The number of carbonyl (C=O) groups is 2. The zero-order valence-electron chi connectivity index (χ0n) is 8.70. The molecule has 5 nitrogen and oxygen atoms in total. The van der Waals surface area contributed by atoms with Gasteiger partial charge in [0.2, 0.25) is 5.91 Å². The Hall–Kier alpha value is -1.91. The molecule has 0 unspecified atom stereocenters. The normalized spacial score (nSPS) is 9.73. The molecule has 2 amide bonds. The van der Waals surface area contributed by atoms with Gasteiger partial charge < -0.3 is 11.1 Å². The largest absolute Gasteiger partial charge is 0.366 e. The maximum absolute atomic E-state index is 11.1. The number of carbonyl (C=O) groups excluding carboxylic acids is 2. The second kappa shape index (κ2) is 4.54. The summed E-state index contributed by atoms with van der Waals surface area (Å²) in [5.74, 6) is -0.677. The molecular formula is C10H13N3O2. The molecule has 1 aromatic rings. The minimum absolute atomic E-state index is 0.129. The average Bonchev–Trinajstić information content (AvgIpc) is 2.20. The van der Waals surface area contributed by atoms with Gasteiger partial charge in [0.05, 0.1) is 23.1 Å². The van der Waals surface area contributed by atoms with E-state index in [0.29, 0.717) is 23.4 Å². The number of anilines is 1. The van der Waals surface area contributed by atoms with Gasteiger partial charge in [-0.15, -0.1) is 0 Å². The number of aryl methyl sites for hydroxylation is 1. The summed E-state index contributed by atoms with van der Waals surface area (Å²) in [5.41, 5.74) is 6.52. The molecule has 1 rings (SSSR count). The molecule has 0 aromatic carbocycles. The van der Waals surface area contributed by atoms with Crippen LogP contribution < -0.4 is 11.1 Å². The van der Waals surface area contributed by atoms with Crippen LogP contribution in [0.1, 0.15) is 29.4 Å². The third-order valence-electron chi connectivity index (χ3n) is 1.96. The van der Waals surface area contributed by atoms with Gasteiger partial charge in [0, 0.05) is 6.42 Å². The van der Waals surface area contributed by atoms with E-state index in [2.05, 4.69) is 10.3 Å². The van der Waals surface area contributed by atoms with E-state index < -0.39 is 5.91 Å². The molecule has 0 aliphatic rings. The number of rotatable bonds is 3. The van der Waals surface area contributed by atoms with Gasteiger partial charge in [-0.1, -0.05) is 6.92 Å². The zero-order chi connectivity index (χ0) is 11.4. The van der Waals surface area contributed by atoms with Crippen LogP contribution in [0.2, 0.25) is 0 Å². The molecule has 0 saturated heterocycles. The number of nitrogens with one attached hydrogen (secondary N) is 1. The van der Waals surface area contributed by atoms with Crippen LogP contribution in [-0.4, -0.2) is 16.8 Å². The van der Waals surface area contributed by atoms with E-state index in [1.54, 1.807) is 13.8 Å². The highest BCUT2D eigenvalue weighted by molar-refractivity contribution is 5.96. The lowest BCUT2D eigenvalue weighted by atomic mass is 10.2. The SMILES string of the molecule is CCC(=O)Nc1cnc(C)c(C(N)=O)c1. The van der Waals surface area contributed by atoms with Gasteiger partial charge in [-0.3, -0.25) is 14.6 Å². The molecule has 5 heteroatoms. The maximum atomic E-state index is 11.1. The Bertz CT molecular complexity index is 402. The van der Waals surface area contributed by atoms with Crippen LogP contribution in [0.4, 0.5) is 5.69 Å². The number of primary amides is 1. The molecule has 80 valence electrons. The van der Waals surface area contributed by atoms with E-state index in [-0.39, 0.29) is 5.91 Å². The summed E-state index contributed by atoms with van der Waals surface area (Å²) in [4.78, 5) is 26.1. The van der Waals surface area contributed by atoms with Gasteiger partial charge >= 0.3 is 0 Å². The highest BCUT2D eigenvalue weighted by Crippen LogP contribution is 2.12. The monoisotopic (exact) mass is 207 g/mol. The van der Waals surface area contributed by atoms with Gasteiger partial charge in [-0.05, 0) is 13.0 Å². The fourth-order valence-electron chi connectivity index (χ4n) is 1.10. The van der Waals surface area contributed by atoms with Crippen LogP contribution >= 0.6 is 0 Å². The van der Waals surface area contributed by atoms with E-state index in [4.69, 9.17) is 5.73 Å². The molecule has 0 aliphatic heterocycles. The van der Waals surface area contributed by atoms with Crippen LogP contribution in [0, 0.1) is 6.92 Å². The van der Waals surface area contributed by atoms with Crippen molar-refractivity contribution in [1.29, 1.82) is 0 Å². The number of aromatic nitrogens is 1. The van der Waals surface area contributed by atoms with Crippen molar-refractivity contribution in [3.05, 3.63) is 23.5 Å². The van der Waals surface area contributed by atoms with Crippen molar-refractivity contribution in [2.45, 2.75) is 20.3 Å². The van der Waals surface area contributed by atoms with Crippen molar-refractivity contribution in [2.24, 2.45) is 5.73 Å². The summed E-state index contributed by atoms with van der Waals surface area (Å²) in [6.07, 6.45) is 1.87. The number of hydrogen-bond donors (Lipinski definition) is 2. The predicted octanol–water partition coefficient (Wildman–Crippen LogP) is 0.837. The van der Waals surface area contributed by atoms with E-state index >= 15 is 0 Å². The van der Waals surface area contributed by atoms with Crippen molar-refractivity contribution in [1.82, 2.24) is 4.98 Å². The fraction of sp³-hybridized carbons (Fsp3) is 0.300. The number of nitrogens with zero attached hydrogens (tertiary/aromatic N) is 1. The molecule has 0 fully saturated rings. The maximum Gasteiger partial charge on any atom is 0.250 e. The second-order valence-electron chi connectivity index (χ2n) is 3.12. The molecule has 0 radical (unpaired) electrons. The third-order valence-corrected chi connectivity index (χ3v) is 1.96. The van der Waals surface area contributed by atoms with Crippen molar-refractivity contribution in [3.63, 3.8) is 0 Å². The second-order valence-corrected chi connectivity index (χ2v) is 3.12. The Balaban J connectivity index is 2.97. The predicted molar refractivity (Wildman–Crippen MR) is 56.4 cm³/mol. The lowest BCUT2D eigenvalue weighted by Crippen LogP contribution is -2.15. The van der Waals surface area contributed by atoms with Gasteiger partial charge in [0.25, 0.3) is 5.91 Å². The zero-order valence-corrected chi connectivity index (χ0v) is 8.70. The van der Waals surface area contributed by atoms with Crippen LogP contribution in [0.5, 0.6) is 0 Å². The summed E-state index contributed by atoms with van der Waals surface area (Å²) in [6, 6.07) is 1.53. The van der Waals surface area contributed by atoms with Gasteiger partial charge in [-0.2, -0.15) is 0 Å². The molecule has 0 atom stereocenters. The van der Waals surface area contributed by atoms with Crippen LogP contribution in [0.25, 0.3) is 0 Å². The molecule has 0 spiro atoms. The summed E-state index contributed by atoms with van der Waals surface area (Å²) in [5, 5.41) is 2.60. The number of amides is 2. The molecule has 1 heterocycles. The Morgan fingerprint density at radius 3 is 2.73 bits per heavy atom. The average molecular weight is 207 g/mol. The third kappa shape index (κ3) is 2.77. The first-order valence-corrected chi connectivity index (χ1v) is 4.61. The highest BCUT2D eigenvalue weighted by atomic mass is 16.2. The van der Waals surface area contributed by atoms with Gasteiger partial charge in [-0.25, -0.2) is 0 Å². The molecule has 0 aliphatic carbocycles. The van der Waals surface area contributed by atoms with E-state index in [9.17, 15) is 9.59 Å². The van der Waals surface area contributed by atoms with Crippen molar-refractivity contribution >= 4 is 17.5 Å². The first-order valence-electron chi connectivity index (χ1n) is 4.61. The van der Waals surface area contributed by atoms with Crippen molar-refractivity contribution in [3.8, 4) is 0 Å². The fourth-order valence-corrected chi connectivity index (χ4v) is 1.10. The topological polar surface area (TPSA) is 85.1 Å². The number of hydrogen-bond acceptors (Lipinski definition) is 3. The minimum atomic E-state index is -0.549. The molecule has 0 saturated carbocycles. The van der Waals surface area contributed by atoms with Gasteiger partial charge in [0.1, 0.15) is 0 Å². The molecule has 0 bridgehead atoms. The summed E-state index contributed by atoms with van der Waals surface area (Å²) in [6.45, 7) is 3.43. The number of pyridine rings is 1. The Labute approximate surface area is 87.7 Å². The lowest BCUT2D eigenvalue weighted by molar-refractivity contribution is -0.115. The summed E-state index contributed by atoms with van der Waals surface area (Å²) >= 11 is 0. The van der Waals surface area contributed by atoms with Gasteiger partial charge in [0.15, 0.2) is 0 Å². The van der Waals surface area contributed by atoms with Crippen molar-refractivity contribution in [2.75, 3.05) is 5.32 Å². The Kier molecular flexibility index (Phi) is 3.38. The Morgan fingerprint density at radius 2 is 2.20 bits per heavy atom. The summed E-state index contributed by atoms with van der Waals surface area (Å²) < 4.78 is 0. The van der Waals surface area contributed by atoms with E-state index in [0.717, 1.165) is 0 Å². The molecule has 3 N–H and O–H groups in total. The molecule has 1 aromatic heterocycles. The van der Waals surface area contributed by atoms with Crippen LogP contribution in [0.15, 0.2) is 12.3 Å². The standard InChI is InChI=1S/C10H13N3O2/c1-3-9(14)13-7-4-8(10(11)15)6(2)12-5-7/h4-5H,3H2,1-2H3,(H2,11,15)(H,13,14). The van der Waals surface area contributed by atoms with E-state index in [1.165, 1.54) is 12.3 Å². The Morgan fingerprint density at radius 1 is 1.53 bits per heavy atom. The number of nitrogens with two attached hydrogens (primary N) is 1. The first-order chi connectivity index (χ1) is 7.04. The lowest BCUT2D eigenvalue weighted by Gasteiger charge is -2.06. The molecule has 15 heavy (non-hydrogen) atoms. The van der Waals surface area contributed by atoms with Crippen molar-refractivity contribution < 1.29 is 9.59 Å². The highest BCUT2D eigenvalue weighted by Gasteiger charge is 2.08. The summed E-state index contributed by atoms with van der Waals surface area (Å²) in [7, 11) is 0. The smallest absolute Gasteiger partial charge is 0.250 e.